The summed E-state index contributed by atoms with van der Waals surface area (Å²) in [6, 6.07) is 9.20. The Hall–Kier alpha value is -2.23. The first-order valence-electron chi connectivity index (χ1n) is 4.98. The average molecular weight is 214 g/mol. The predicted octanol–water partition coefficient (Wildman–Crippen LogP) is 2.84. The normalized spacial score (nSPS) is 11.1. The van der Waals surface area contributed by atoms with Gasteiger partial charge in [0, 0.05) is 0 Å². The van der Waals surface area contributed by atoms with Crippen molar-refractivity contribution in [3.8, 4) is 11.6 Å². The molecule has 0 amide bonds. The molecule has 2 heterocycles. The lowest BCUT2D eigenvalue weighted by Gasteiger charge is -1.96. The Morgan fingerprint density at radius 1 is 1.25 bits per heavy atom. The maximum Gasteiger partial charge on any atom is 0.212 e. The van der Waals surface area contributed by atoms with Crippen molar-refractivity contribution in [2.24, 2.45) is 0 Å². The van der Waals surface area contributed by atoms with Crippen molar-refractivity contribution in [1.29, 1.82) is 0 Å². The van der Waals surface area contributed by atoms with E-state index >= 15 is 0 Å². The quantitative estimate of drug-likeness (QED) is 0.633. The molecule has 0 bridgehead atoms. The maximum atomic E-state index is 9.98. The third-order valence-electron chi connectivity index (χ3n) is 2.60. The van der Waals surface area contributed by atoms with Gasteiger partial charge in [-0.3, -0.25) is 0 Å². The van der Waals surface area contributed by atoms with Crippen LogP contribution in [0.25, 0.3) is 22.6 Å². The van der Waals surface area contributed by atoms with E-state index in [9.17, 15) is 5.21 Å². The molecule has 0 fully saturated rings. The Morgan fingerprint density at radius 3 is 2.81 bits per heavy atom. The Morgan fingerprint density at radius 2 is 2.12 bits per heavy atom. The number of aryl methyl sites for hydroxylation is 1. The summed E-state index contributed by atoms with van der Waals surface area (Å²) in [5, 5.41) is 9.98. The zero-order chi connectivity index (χ0) is 11.1. The van der Waals surface area contributed by atoms with Crippen molar-refractivity contribution in [2.45, 2.75) is 6.92 Å². The van der Waals surface area contributed by atoms with Crippen LogP contribution in [-0.2, 0) is 0 Å². The van der Waals surface area contributed by atoms with Crippen LogP contribution in [0, 0.1) is 6.92 Å². The van der Waals surface area contributed by atoms with Crippen molar-refractivity contribution in [3.63, 3.8) is 0 Å². The molecule has 1 aromatic carbocycles. The molecule has 0 aliphatic rings. The van der Waals surface area contributed by atoms with Gasteiger partial charge in [-0.15, -0.1) is 0 Å². The van der Waals surface area contributed by atoms with Crippen LogP contribution in [0.5, 0.6) is 0 Å². The van der Waals surface area contributed by atoms with Gasteiger partial charge in [0.05, 0.1) is 11.8 Å². The van der Waals surface area contributed by atoms with Gasteiger partial charge in [0.2, 0.25) is 5.82 Å². The average Bonchev–Trinajstić information content (AvgIpc) is 2.88. The minimum Gasteiger partial charge on any atom is -0.461 e. The van der Waals surface area contributed by atoms with Crippen LogP contribution in [0.2, 0.25) is 0 Å². The molecule has 0 atom stereocenters. The number of benzene rings is 1. The maximum absolute atomic E-state index is 9.98. The summed E-state index contributed by atoms with van der Waals surface area (Å²) in [5.74, 6) is 0.979. The number of hydrogen-bond acceptors (Lipinski definition) is 3. The molecule has 0 saturated heterocycles. The van der Waals surface area contributed by atoms with E-state index in [2.05, 4.69) is 4.98 Å². The predicted molar refractivity (Wildman–Crippen MR) is 59.4 cm³/mol. The van der Waals surface area contributed by atoms with Gasteiger partial charge in [-0.05, 0) is 30.7 Å². The summed E-state index contributed by atoms with van der Waals surface area (Å²) < 4.78 is 6.28. The number of para-hydroxylation sites is 1. The zero-order valence-corrected chi connectivity index (χ0v) is 8.71. The van der Waals surface area contributed by atoms with E-state index in [0.29, 0.717) is 17.1 Å². The van der Waals surface area contributed by atoms with Crippen LogP contribution in [0.15, 0.2) is 41.0 Å². The highest BCUT2D eigenvalue weighted by Crippen LogP contribution is 2.25. The molecule has 4 nitrogen and oxygen atoms in total. The fourth-order valence-electron chi connectivity index (χ4n) is 1.79. The van der Waals surface area contributed by atoms with Crippen LogP contribution < -0.4 is 0 Å². The van der Waals surface area contributed by atoms with E-state index in [-0.39, 0.29) is 0 Å². The molecule has 3 aromatic rings. The molecule has 80 valence electrons. The largest absolute Gasteiger partial charge is 0.461 e. The molecule has 4 heteroatoms. The van der Waals surface area contributed by atoms with Gasteiger partial charge in [-0.2, -0.15) is 4.73 Å². The van der Waals surface area contributed by atoms with Gasteiger partial charge in [0.1, 0.15) is 5.52 Å². The Balaban J connectivity index is 2.36. The third-order valence-corrected chi connectivity index (χ3v) is 2.60. The van der Waals surface area contributed by atoms with Gasteiger partial charge < -0.3 is 9.62 Å². The second kappa shape index (κ2) is 3.13. The molecule has 0 aliphatic carbocycles. The van der Waals surface area contributed by atoms with Crippen LogP contribution >= 0.6 is 0 Å². The first-order valence-corrected chi connectivity index (χ1v) is 4.98. The van der Waals surface area contributed by atoms with E-state index in [1.807, 2.05) is 25.1 Å². The van der Waals surface area contributed by atoms with E-state index in [1.165, 1.54) is 0 Å². The van der Waals surface area contributed by atoms with E-state index in [1.54, 1.807) is 18.4 Å². The van der Waals surface area contributed by atoms with Crippen molar-refractivity contribution < 1.29 is 9.62 Å². The summed E-state index contributed by atoms with van der Waals surface area (Å²) in [4.78, 5) is 4.37. The molecule has 0 spiro atoms. The summed E-state index contributed by atoms with van der Waals surface area (Å²) in [7, 11) is 0. The topological polar surface area (TPSA) is 51.2 Å². The molecule has 16 heavy (non-hydrogen) atoms. The van der Waals surface area contributed by atoms with E-state index in [4.69, 9.17) is 4.42 Å². The smallest absolute Gasteiger partial charge is 0.212 e. The first kappa shape index (κ1) is 9.03. The SMILES string of the molecule is Cc1cccc2c1nc(-c1ccco1)n2O. The zero-order valence-electron chi connectivity index (χ0n) is 8.71. The van der Waals surface area contributed by atoms with Crippen molar-refractivity contribution in [3.05, 3.63) is 42.2 Å². The number of nitrogens with zero attached hydrogens (tertiary/aromatic N) is 2. The molecule has 2 aromatic heterocycles. The van der Waals surface area contributed by atoms with Gasteiger partial charge in [-0.1, -0.05) is 12.1 Å². The summed E-state index contributed by atoms with van der Waals surface area (Å²) in [6.07, 6.45) is 1.56. The van der Waals surface area contributed by atoms with E-state index < -0.39 is 0 Å². The summed E-state index contributed by atoms with van der Waals surface area (Å²) in [6.45, 7) is 1.96. The Labute approximate surface area is 91.7 Å². The second-order valence-corrected chi connectivity index (χ2v) is 3.67. The summed E-state index contributed by atoms with van der Waals surface area (Å²) in [5.41, 5.74) is 2.50. The standard InChI is InChI=1S/C12H10N2O2/c1-8-4-2-5-9-11(8)13-12(14(9)15)10-6-3-7-16-10/h2-7,15H,1H3. The monoisotopic (exact) mass is 214 g/mol. The molecular weight excluding hydrogens is 204 g/mol. The van der Waals surface area contributed by atoms with Crippen LogP contribution in [0.4, 0.5) is 0 Å². The number of imidazole rings is 1. The van der Waals surface area contributed by atoms with Gasteiger partial charge in [0.25, 0.3) is 0 Å². The Kier molecular flexibility index (Phi) is 1.77. The molecule has 0 radical (unpaired) electrons. The second-order valence-electron chi connectivity index (χ2n) is 3.67. The van der Waals surface area contributed by atoms with Crippen LogP contribution in [0.1, 0.15) is 5.56 Å². The lowest BCUT2D eigenvalue weighted by Crippen LogP contribution is -1.92. The number of rotatable bonds is 1. The molecule has 3 rings (SSSR count). The van der Waals surface area contributed by atoms with Gasteiger partial charge in [-0.25, -0.2) is 4.98 Å². The molecule has 1 N–H and O–H groups in total. The fourth-order valence-corrected chi connectivity index (χ4v) is 1.79. The minimum absolute atomic E-state index is 0.425. The van der Waals surface area contributed by atoms with Crippen molar-refractivity contribution >= 4 is 11.0 Å². The first-order chi connectivity index (χ1) is 7.77. The van der Waals surface area contributed by atoms with Crippen molar-refractivity contribution in [1.82, 2.24) is 9.71 Å². The fraction of sp³-hybridized carbons (Fsp3) is 0.0833. The Bertz CT molecular complexity index is 638. The molecule has 0 unspecified atom stereocenters. The van der Waals surface area contributed by atoms with E-state index in [0.717, 1.165) is 15.8 Å². The highest BCUT2D eigenvalue weighted by Gasteiger charge is 2.14. The minimum atomic E-state index is 0.425. The number of aromatic nitrogens is 2. The van der Waals surface area contributed by atoms with Gasteiger partial charge >= 0.3 is 0 Å². The van der Waals surface area contributed by atoms with Crippen LogP contribution in [-0.4, -0.2) is 14.9 Å². The lowest BCUT2D eigenvalue weighted by molar-refractivity contribution is 0.201. The molecule has 0 saturated carbocycles. The highest BCUT2D eigenvalue weighted by molar-refractivity contribution is 5.82. The van der Waals surface area contributed by atoms with Crippen LogP contribution in [0.3, 0.4) is 0 Å². The highest BCUT2D eigenvalue weighted by atomic mass is 16.5. The lowest BCUT2D eigenvalue weighted by atomic mass is 10.2. The molecule has 0 aliphatic heterocycles. The van der Waals surface area contributed by atoms with Crippen molar-refractivity contribution in [2.75, 3.05) is 0 Å². The van der Waals surface area contributed by atoms with Gasteiger partial charge in [0.15, 0.2) is 5.76 Å². The third kappa shape index (κ3) is 1.13. The molecular formula is C12H10N2O2. The summed E-state index contributed by atoms with van der Waals surface area (Å²) >= 11 is 0. The number of hydrogen-bond donors (Lipinski definition) is 1. The number of fused-ring (bicyclic) bond motifs is 1. The number of furan rings is 1.